The molecule has 198 valence electrons. The lowest BCUT2D eigenvalue weighted by Gasteiger charge is -2.13. The number of rotatable bonds is 15. The number of benzene rings is 3. The van der Waals surface area contributed by atoms with Crippen molar-refractivity contribution in [2.24, 2.45) is 0 Å². The number of unbranched alkanes of at least 4 members (excludes halogenated alkanes) is 6. The van der Waals surface area contributed by atoms with E-state index in [9.17, 15) is 9.59 Å². The van der Waals surface area contributed by atoms with E-state index in [1.54, 1.807) is 18.2 Å². The maximum Gasteiger partial charge on any atom is 0.343 e. The van der Waals surface area contributed by atoms with Crippen LogP contribution in [0.5, 0.6) is 11.5 Å². The Morgan fingerprint density at radius 1 is 0.703 bits per heavy atom. The summed E-state index contributed by atoms with van der Waals surface area (Å²) in [7, 11) is 0. The molecule has 0 unspecified atom stereocenters. The van der Waals surface area contributed by atoms with Crippen molar-refractivity contribution < 1.29 is 23.8 Å². The van der Waals surface area contributed by atoms with Gasteiger partial charge in [0.15, 0.2) is 0 Å². The van der Waals surface area contributed by atoms with Gasteiger partial charge in [0.1, 0.15) is 11.5 Å². The molecule has 0 aromatic heterocycles. The second-order valence-corrected chi connectivity index (χ2v) is 9.54. The van der Waals surface area contributed by atoms with Crippen LogP contribution in [0.4, 0.5) is 0 Å². The third-order valence-electron chi connectivity index (χ3n) is 6.50. The van der Waals surface area contributed by atoms with Crippen LogP contribution in [-0.2, 0) is 9.53 Å². The summed E-state index contributed by atoms with van der Waals surface area (Å²) in [6, 6.07) is 18.4. The molecule has 5 heteroatoms. The van der Waals surface area contributed by atoms with Crippen LogP contribution in [0.3, 0.4) is 0 Å². The summed E-state index contributed by atoms with van der Waals surface area (Å²) in [6.07, 6.45) is 9.19. The van der Waals surface area contributed by atoms with E-state index in [0.29, 0.717) is 24.5 Å². The first-order chi connectivity index (χ1) is 18.0. The fourth-order valence-corrected chi connectivity index (χ4v) is 4.08. The van der Waals surface area contributed by atoms with E-state index in [1.807, 2.05) is 49.4 Å². The Bertz CT molecular complexity index is 1140. The second kappa shape index (κ2) is 15.0. The molecule has 0 aliphatic rings. The molecule has 0 saturated heterocycles. The molecule has 0 saturated carbocycles. The van der Waals surface area contributed by atoms with Crippen molar-refractivity contribution in [1.82, 2.24) is 0 Å². The molecule has 0 N–H and O–H groups in total. The van der Waals surface area contributed by atoms with Crippen molar-refractivity contribution >= 4 is 22.7 Å². The van der Waals surface area contributed by atoms with E-state index in [0.717, 1.165) is 41.3 Å². The average Bonchev–Trinajstić information content (AvgIpc) is 2.92. The highest BCUT2D eigenvalue weighted by atomic mass is 16.5. The quantitative estimate of drug-likeness (QED) is 0.118. The van der Waals surface area contributed by atoms with Crippen LogP contribution in [0, 0.1) is 0 Å². The van der Waals surface area contributed by atoms with Gasteiger partial charge in [0, 0.05) is 0 Å². The highest BCUT2D eigenvalue weighted by Crippen LogP contribution is 2.26. The summed E-state index contributed by atoms with van der Waals surface area (Å²) in [5.74, 6) is 0.270. The predicted octanol–water partition coefficient (Wildman–Crippen LogP) is 8.25. The summed E-state index contributed by atoms with van der Waals surface area (Å²) in [4.78, 5) is 25.0. The van der Waals surface area contributed by atoms with Crippen molar-refractivity contribution in [2.45, 2.75) is 78.1 Å². The van der Waals surface area contributed by atoms with Gasteiger partial charge in [0.05, 0.1) is 24.7 Å². The molecule has 0 heterocycles. The van der Waals surface area contributed by atoms with E-state index in [4.69, 9.17) is 14.2 Å². The van der Waals surface area contributed by atoms with Crippen molar-refractivity contribution in [1.29, 1.82) is 0 Å². The highest BCUT2D eigenvalue weighted by molar-refractivity contribution is 5.92. The largest absolute Gasteiger partial charge is 0.494 e. The molecule has 1 atom stereocenters. The molecule has 0 fully saturated rings. The first-order valence-corrected chi connectivity index (χ1v) is 13.7. The predicted molar refractivity (Wildman–Crippen MR) is 149 cm³/mol. The van der Waals surface area contributed by atoms with Gasteiger partial charge in [-0.15, -0.1) is 0 Å². The maximum atomic E-state index is 12.7. The molecule has 3 aromatic carbocycles. The van der Waals surface area contributed by atoms with E-state index in [-0.39, 0.29) is 11.9 Å². The zero-order valence-electron chi connectivity index (χ0n) is 22.5. The molecule has 0 amide bonds. The van der Waals surface area contributed by atoms with Gasteiger partial charge in [-0.2, -0.15) is 0 Å². The molecule has 37 heavy (non-hydrogen) atoms. The fraction of sp³-hybridized carbons (Fsp3) is 0.438. The van der Waals surface area contributed by atoms with Gasteiger partial charge in [-0.25, -0.2) is 4.79 Å². The van der Waals surface area contributed by atoms with Crippen LogP contribution in [0.2, 0.25) is 0 Å². The third kappa shape index (κ3) is 8.92. The summed E-state index contributed by atoms with van der Waals surface area (Å²) in [5, 5.41) is 1.90. The third-order valence-corrected chi connectivity index (χ3v) is 6.50. The SMILES string of the molecule is CCCCCCCCOc1ccc(C(=O)Oc2ccc3cc([C@H](C)C(=O)OCCCC)ccc3c2)cc1. The van der Waals surface area contributed by atoms with E-state index in [2.05, 4.69) is 13.8 Å². The smallest absolute Gasteiger partial charge is 0.343 e. The number of hydrogen-bond donors (Lipinski definition) is 0. The van der Waals surface area contributed by atoms with Crippen molar-refractivity contribution in [3.05, 3.63) is 71.8 Å². The van der Waals surface area contributed by atoms with Gasteiger partial charge in [0.25, 0.3) is 0 Å². The number of carbonyl (C=O) groups excluding carboxylic acids is 2. The van der Waals surface area contributed by atoms with Crippen LogP contribution in [0.15, 0.2) is 60.7 Å². The highest BCUT2D eigenvalue weighted by Gasteiger charge is 2.17. The molecule has 0 aliphatic heterocycles. The van der Waals surface area contributed by atoms with Crippen LogP contribution in [-0.4, -0.2) is 25.2 Å². The Hall–Kier alpha value is -3.34. The average molecular weight is 505 g/mol. The van der Waals surface area contributed by atoms with Gasteiger partial charge in [-0.3, -0.25) is 4.79 Å². The minimum Gasteiger partial charge on any atom is -0.494 e. The summed E-state index contributed by atoms with van der Waals surface area (Å²) < 4.78 is 16.8. The summed E-state index contributed by atoms with van der Waals surface area (Å²) in [5.41, 5.74) is 1.37. The Morgan fingerprint density at radius 3 is 2.11 bits per heavy atom. The number of carbonyl (C=O) groups is 2. The first kappa shape index (κ1) is 28.2. The van der Waals surface area contributed by atoms with Gasteiger partial charge in [-0.1, -0.05) is 76.6 Å². The Balaban J connectivity index is 1.52. The molecular weight excluding hydrogens is 464 g/mol. The number of fused-ring (bicyclic) bond motifs is 1. The van der Waals surface area contributed by atoms with E-state index in [1.165, 1.54) is 32.1 Å². The van der Waals surface area contributed by atoms with Gasteiger partial charge >= 0.3 is 11.9 Å². The molecule has 3 rings (SSSR count). The van der Waals surface area contributed by atoms with Crippen LogP contribution >= 0.6 is 0 Å². The topological polar surface area (TPSA) is 61.8 Å². The van der Waals surface area contributed by atoms with E-state index < -0.39 is 5.97 Å². The minimum absolute atomic E-state index is 0.211. The minimum atomic E-state index is -0.415. The van der Waals surface area contributed by atoms with Crippen LogP contribution in [0.1, 0.15) is 94.0 Å². The zero-order valence-corrected chi connectivity index (χ0v) is 22.5. The Kier molecular flexibility index (Phi) is 11.5. The van der Waals surface area contributed by atoms with Crippen molar-refractivity contribution in [2.75, 3.05) is 13.2 Å². The molecular formula is C32H40O5. The van der Waals surface area contributed by atoms with Gasteiger partial charge < -0.3 is 14.2 Å². The summed E-state index contributed by atoms with van der Waals surface area (Å²) >= 11 is 0. The Labute approximate surface area is 221 Å². The first-order valence-electron chi connectivity index (χ1n) is 13.7. The lowest BCUT2D eigenvalue weighted by Crippen LogP contribution is -2.13. The molecule has 0 bridgehead atoms. The fourth-order valence-electron chi connectivity index (χ4n) is 4.08. The molecule has 0 spiro atoms. The number of hydrogen-bond acceptors (Lipinski definition) is 5. The van der Waals surface area contributed by atoms with E-state index >= 15 is 0 Å². The standard InChI is InChI=1S/C32H40O5/c1-4-6-8-9-10-11-21-35-29-17-14-25(15-18-29)32(34)37-30-19-16-27-22-26(12-13-28(27)23-30)24(3)31(33)36-20-7-5-2/h12-19,22-24H,4-11,20-21H2,1-3H3/t24-/m0/s1. The lowest BCUT2D eigenvalue weighted by molar-refractivity contribution is -0.145. The monoisotopic (exact) mass is 504 g/mol. The van der Waals surface area contributed by atoms with Crippen molar-refractivity contribution in [3.8, 4) is 11.5 Å². The Morgan fingerprint density at radius 2 is 1.35 bits per heavy atom. The van der Waals surface area contributed by atoms with Gasteiger partial charge in [-0.05, 0) is 72.5 Å². The molecule has 0 radical (unpaired) electrons. The van der Waals surface area contributed by atoms with Gasteiger partial charge in [0.2, 0.25) is 0 Å². The zero-order chi connectivity index (χ0) is 26.5. The summed E-state index contributed by atoms with van der Waals surface area (Å²) in [6.45, 7) is 7.29. The maximum absolute atomic E-state index is 12.7. The van der Waals surface area contributed by atoms with Crippen LogP contribution in [0.25, 0.3) is 10.8 Å². The number of ether oxygens (including phenoxy) is 3. The van der Waals surface area contributed by atoms with Crippen molar-refractivity contribution in [3.63, 3.8) is 0 Å². The number of esters is 2. The lowest BCUT2D eigenvalue weighted by atomic mass is 9.98. The normalized spacial score (nSPS) is 11.8. The molecule has 0 aliphatic carbocycles. The second-order valence-electron chi connectivity index (χ2n) is 9.54. The molecule has 3 aromatic rings. The molecule has 5 nitrogen and oxygen atoms in total. The van der Waals surface area contributed by atoms with Crippen LogP contribution < -0.4 is 9.47 Å².